The first-order valence-corrected chi connectivity index (χ1v) is 8.47. The highest BCUT2D eigenvalue weighted by Gasteiger charge is 2.19. The fourth-order valence-electron chi connectivity index (χ4n) is 3.32. The molecule has 0 aromatic heterocycles. The summed E-state index contributed by atoms with van der Waals surface area (Å²) in [4.78, 5) is 0. The topological polar surface area (TPSA) is 0 Å². The summed E-state index contributed by atoms with van der Waals surface area (Å²) in [5, 5.41) is 0.264. The highest BCUT2D eigenvalue weighted by atomic mass is 31.0. The molecule has 2 aromatic carbocycles. The molecular formula is C19H21F2P. The molecule has 0 N–H and O–H groups in total. The molecule has 0 bridgehead atoms. The molecule has 22 heavy (non-hydrogen) atoms. The molecule has 3 rings (SSSR count). The lowest BCUT2D eigenvalue weighted by Gasteiger charge is -2.26. The van der Waals surface area contributed by atoms with Crippen molar-refractivity contribution in [3.8, 4) is 11.1 Å². The third-order valence-corrected chi connectivity index (χ3v) is 5.21. The maximum Gasteiger partial charge on any atom is 0.165 e. The Labute approximate surface area is 133 Å². The van der Waals surface area contributed by atoms with Gasteiger partial charge in [0, 0.05) is 5.30 Å². The van der Waals surface area contributed by atoms with Crippen molar-refractivity contribution in [3.05, 3.63) is 53.6 Å². The van der Waals surface area contributed by atoms with Gasteiger partial charge in [-0.3, -0.25) is 0 Å². The maximum absolute atomic E-state index is 13.5. The van der Waals surface area contributed by atoms with E-state index in [-0.39, 0.29) is 5.30 Å². The predicted molar refractivity (Wildman–Crippen MR) is 91.5 cm³/mol. The molecule has 0 aliphatic heterocycles. The smallest absolute Gasteiger partial charge is 0.165 e. The van der Waals surface area contributed by atoms with Crippen LogP contribution in [0.4, 0.5) is 8.78 Å². The Morgan fingerprint density at radius 2 is 1.55 bits per heavy atom. The third kappa shape index (κ3) is 3.22. The molecule has 0 heterocycles. The van der Waals surface area contributed by atoms with Crippen LogP contribution in [0.2, 0.25) is 0 Å². The first-order valence-electron chi connectivity index (χ1n) is 7.89. The Balaban J connectivity index is 1.82. The highest BCUT2D eigenvalue weighted by Crippen LogP contribution is 2.36. The molecule has 1 saturated carbocycles. The third-order valence-electron chi connectivity index (χ3n) is 4.79. The van der Waals surface area contributed by atoms with Gasteiger partial charge >= 0.3 is 0 Å². The summed E-state index contributed by atoms with van der Waals surface area (Å²) in [5.74, 6) is -0.0970. The van der Waals surface area contributed by atoms with Gasteiger partial charge < -0.3 is 0 Å². The van der Waals surface area contributed by atoms with Crippen molar-refractivity contribution >= 4 is 14.5 Å². The van der Waals surface area contributed by atoms with Gasteiger partial charge in [0.25, 0.3) is 0 Å². The van der Waals surface area contributed by atoms with Crippen molar-refractivity contribution in [2.45, 2.75) is 38.5 Å². The van der Waals surface area contributed by atoms with Crippen molar-refractivity contribution in [2.24, 2.45) is 5.92 Å². The number of hydrogen-bond donors (Lipinski definition) is 0. The largest absolute Gasteiger partial charge is 0.204 e. The SMILES string of the molecule is CC1CCC(c2ccc(-c3cc(F)c(F)c(P)c3)cc2)CC1. The molecular weight excluding hydrogens is 297 g/mol. The summed E-state index contributed by atoms with van der Waals surface area (Å²) in [6.07, 6.45) is 5.10. The minimum atomic E-state index is -0.798. The summed E-state index contributed by atoms with van der Waals surface area (Å²) in [6, 6.07) is 11.2. The van der Waals surface area contributed by atoms with E-state index in [2.05, 4.69) is 28.3 Å². The standard InChI is InChI=1S/C19H21F2P/c1-12-2-4-13(5-3-12)14-6-8-15(9-7-14)16-10-17(20)19(21)18(22)11-16/h6-13H,2-5,22H2,1H3. The Morgan fingerprint density at radius 1 is 0.909 bits per heavy atom. The molecule has 0 saturated heterocycles. The molecule has 116 valence electrons. The van der Waals surface area contributed by atoms with Gasteiger partial charge in [0.15, 0.2) is 11.6 Å². The fraction of sp³-hybridized carbons (Fsp3) is 0.368. The molecule has 3 heteroatoms. The van der Waals surface area contributed by atoms with E-state index in [0.717, 1.165) is 11.5 Å². The van der Waals surface area contributed by atoms with Crippen LogP contribution in [0, 0.1) is 17.6 Å². The van der Waals surface area contributed by atoms with Gasteiger partial charge in [0.05, 0.1) is 0 Å². The van der Waals surface area contributed by atoms with Gasteiger partial charge in [-0.25, -0.2) is 8.78 Å². The molecule has 1 aliphatic rings. The number of halogens is 2. The van der Waals surface area contributed by atoms with Crippen molar-refractivity contribution in [1.29, 1.82) is 0 Å². The minimum Gasteiger partial charge on any atom is -0.204 e. The number of benzene rings is 2. The Bertz CT molecular complexity index is 633. The van der Waals surface area contributed by atoms with E-state index in [1.807, 2.05) is 12.1 Å². The van der Waals surface area contributed by atoms with Crippen LogP contribution in [0.15, 0.2) is 36.4 Å². The van der Waals surface area contributed by atoms with E-state index < -0.39 is 11.6 Å². The molecule has 1 unspecified atom stereocenters. The zero-order chi connectivity index (χ0) is 15.7. The van der Waals surface area contributed by atoms with Crippen LogP contribution in [-0.4, -0.2) is 0 Å². The van der Waals surface area contributed by atoms with Crippen molar-refractivity contribution < 1.29 is 8.78 Å². The fourth-order valence-corrected chi connectivity index (χ4v) is 3.64. The average molecular weight is 318 g/mol. The molecule has 0 radical (unpaired) electrons. The van der Waals surface area contributed by atoms with Gasteiger partial charge in [-0.15, -0.1) is 9.24 Å². The maximum atomic E-state index is 13.5. The predicted octanol–water partition coefficient (Wildman–Crippen LogP) is 5.43. The molecule has 1 fully saturated rings. The van der Waals surface area contributed by atoms with Gasteiger partial charge in [-0.1, -0.05) is 44.0 Å². The van der Waals surface area contributed by atoms with E-state index in [1.165, 1.54) is 37.3 Å². The number of rotatable bonds is 2. The van der Waals surface area contributed by atoms with E-state index in [0.29, 0.717) is 11.5 Å². The zero-order valence-electron chi connectivity index (χ0n) is 12.8. The molecule has 0 spiro atoms. The zero-order valence-corrected chi connectivity index (χ0v) is 13.9. The Hall–Kier alpha value is -1.27. The second-order valence-corrected chi connectivity index (χ2v) is 7.06. The van der Waals surface area contributed by atoms with Gasteiger partial charge in [0.2, 0.25) is 0 Å². The van der Waals surface area contributed by atoms with Crippen molar-refractivity contribution in [1.82, 2.24) is 0 Å². The van der Waals surface area contributed by atoms with Crippen LogP contribution in [0.25, 0.3) is 11.1 Å². The lowest BCUT2D eigenvalue weighted by atomic mass is 9.79. The van der Waals surface area contributed by atoms with Crippen LogP contribution < -0.4 is 5.30 Å². The normalized spacial score (nSPS) is 21.8. The van der Waals surface area contributed by atoms with Gasteiger partial charge in [-0.2, -0.15) is 0 Å². The van der Waals surface area contributed by atoms with Crippen LogP contribution in [0.1, 0.15) is 44.1 Å². The number of hydrogen-bond acceptors (Lipinski definition) is 0. The summed E-state index contributed by atoms with van der Waals surface area (Å²) in [6.45, 7) is 2.32. The summed E-state index contributed by atoms with van der Waals surface area (Å²) in [5.41, 5.74) is 3.01. The average Bonchev–Trinajstić information content (AvgIpc) is 2.53. The van der Waals surface area contributed by atoms with Crippen LogP contribution in [0.3, 0.4) is 0 Å². The molecule has 1 atom stereocenters. The van der Waals surface area contributed by atoms with Crippen LogP contribution >= 0.6 is 9.24 Å². The van der Waals surface area contributed by atoms with Crippen molar-refractivity contribution in [3.63, 3.8) is 0 Å². The summed E-state index contributed by atoms with van der Waals surface area (Å²) in [7, 11) is 2.25. The van der Waals surface area contributed by atoms with E-state index in [1.54, 1.807) is 6.07 Å². The van der Waals surface area contributed by atoms with Gasteiger partial charge in [0.1, 0.15) is 0 Å². The molecule has 0 amide bonds. The highest BCUT2D eigenvalue weighted by molar-refractivity contribution is 7.27. The molecule has 2 aromatic rings. The van der Waals surface area contributed by atoms with E-state index in [4.69, 9.17) is 0 Å². The molecule has 1 aliphatic carbocycles. The Kier molecular flexibility index (Phi) is 4.59. The van der Waals surface area contributed by atoms with Gasteiger partial charge in [-0.05, 0) is 53.5 Å². The van der Waals surface area contributed by atoms with Crippen LogP contribution in [-0.2, 0) is 0 Å². The monoisotopic (exact) mass is 318 g/mol. The lowest BCUT2D eigenvalue weighted by Crippen LogP contribution is -2.10. The second-order valence-electron chi connectivity index (χ2n) is 6.44. The minimum absolute atomic E-state index is 0.264. The second kappa shape index (κ2) is 6.46. The lowest BCUT2D eigenvalue weighted by molar-refractivity contribution is 0.348. The van der Waals surface area contributed by atoms with E-state index in [9.17, 15) is 8.78 Å². The first-order chi connectivity index (χ1) is 10.5. The van der Waals surface area contributed by atoms with Crippen LogP contribution in [0.5, 0.6) is 0 Å². The van der Waals surface area contributed by atoms with Crippen molar-refractivity contribution in [2.75, 3.05) is 0 Å². The summed E-state index contributed by atoms with van der Waals surface area (Å²) >= 11 is 0. The molecule has 0 nitrogen and oxygen atoms in total. The van der Waals surface area contributed by atoms with E-state index >= 15 is 0 Å². The Morgan fingerprint density at radius 3 is 2.14 bits per heavy atom. The summed E-state index contributed by atoms with van der Waals surface area (Å²) < 4.78 is 26.9. The quantitative estimate of drug-likeness (QED) is 0.648. The first kappa shape index (κ1) is 15.6.